The van der Waals surface area contributed by atoms with Crippen LogP contribution >= 0.6 is 81.2 Å². The Hall–Kier alpha value is -2.07. The normalized spacial score (nSPS) is 15.3. The van der Waals surface area contributed by atoms with Crippen LogP contribution in [-0.4, -0.2) is 23.4 Å². The van der Waals surface area contributed by atoms with Crippen LogP contribution < -0.4 is 4.90 Å². The monoisotopic (exact) mass is 1140 g/mol. The molecule has 67 heavy (non-hydrogen) atoms. The summed E-state index contributed by atoms with van der Waals surface area (Å²) in [6.07, 6.45) is 13.3. The Kier molecular flexibility index (Phi) is 19.9. The second-order valence-electron chi connectivity index (χ2n) is 17.1. The van der Waals surface area contributed by atoms with Gasteiger partial charge in [-0.3, -0.25) is 0 Å². The van der Waals surface area contributed by atoms with Gasteiger partial charge in [-0.15, -0.1) is 0 Å². The molecule has 0 saturated carbocycles. The summed E-state index contributed by atoms with van der Waals surface area (Å²) in [5.41, 5.74) is 7.83. The molecule has 0 aliphatic carbocycles. The first kappa shape index (κ1) is 55.9. The van der Waals surface area contributed by atoms with E-state index in [1.807, 2.05) is 0 Å². The van der Waals surface area contributed by atoms with Crippen molar-refractivity contribution in [1.82, 2.24) is 0 Å². The van der Waals surface area contributed by atoms with E-state index in [1.165, 1.54) is 67.6 Å². The van der Waals surface area contributed by atoms with Gasteiger partial charge < -0.3 is 55.4 Å². The number of benzene rings is 6. The summed E-state index contributed by atoms with van der Waals surface area (Å²) in [5.74, 6) is 0. The minimum Gasteiger partial charge on any atom is -0.780 e. The fourth-order valence-electron chi connectivity index (χ4n) is 8.67. The van der Waals surface area contributed by atoms with Crippen molar-refractivity contribution >= 4 is 170 Å². The standard InChI is InChI=1S/C41H46ClN2.2C6H3Cl3S2.Ni/c1-7-9-27-43-34-23-19-29-15-11-13-17-32(29)38(34)40(3,4)36(43)25-21-31(42)22-26-37-41(5,6)39-33-18-14-12-16-30(33)20-24-35(39)44(37)28-10-8-2;2*7-2-1-3(8)5(10)6(11)4(2)9;/h11-26H,7-10,27-28H2,1-6H3;2*1,10-11H;/q+1;;;+3/p-4. The van der Waals surface area contributed by atoms with Crippen LogP contribution in [0.25, 0.3) is 21.5 Å². The molecule has 0 aromatic heterocycles. The van der Waals surface area contributed by atoms with Gasteiger partial charge >= 0.3 is 16.5 Å². The van der Waals surface area contributed by atoms with Gasteiger partial charge in [-0.1, -0.05) is 176 Å². The topological polar surface area (TPSA) is 6.25 Å². The van der Waals surface area contributed by atoms with Gasteiger partial charge in [0.15, 0.2) is 5.71 Å². The number of fused-ring (bicyclic) bond motifs is 6. The van der Waals surface area contributed by atoms with Crippen LogP contribution in [0.2, 0.25) is 30.1 Å². The minimum atomic E-state index is -0.136. The van der Waals surface area contributed by atoms with Crippen molar-refractivity contribution < 1.29 is 21.1 Å². The molecule has 2 heterocycles. The number of nitrogens with zero attached hydrogens (tertiary/aromatic N) is 2. The van der Waals surface area contributed by atoms with E-state index in [0.717, 1.165) is 43.8 Å². The predicted molar refractivity (Wildman–Crippen MR) is 298 cm³/mol. The summed E-state index contributed by atoms with van der Waals surface area (Å²) >= 11 is 60.5. The first-order valence-corrected chi connectivity index (χ1v) is 25.8. The maximum Gasteiger partial charge on any atom is 3.00 e. The second-order valence-corrected chi connectivity index (χ2v) is 21.5. The van der Waals surface area contributed by atoms with Crippen LogP contribution in [0.1, 0.15) is 78.4 Å². The van der Waals surface area contributed by atoms with Crippen molar-refractivity contribution in [3.8, 4) is 0 Å². The van der Waals surface area contributed by atoms with Crippen LogP contribution in [0.15, 0.2) is 140 Å². The van der Waals surface area contributed by atoms with Crippen molar-refractivity contribution in [2.45, 2.75) is 97.6 Å². The molecule has 6 aromatic rings. The second kappa shape index (κ2) is 23.9. The molecule has 2 nitrogen and oxygen atoms in total. The number of rotatable bonds is 9. The van der Waals surface area contributed by atoms with Crippen molar-refractivity contribution in [2.75, 3.05) is 18.0 Å². The Morgan fingerprint density at radius 1 is 0.627 bits per heavy atom. The number of hydrogen-bond donors (Lipinski definition) is 0. The maximum atomic E-state index is 7.02. The molecule has 0 amide bonds. The quantitative estimate of drug-likeness (QED) is 0.0466. The van der Waals surface area contributed by atoms with E-state index in [4.69, 9.17) is 132 Å². The molecule has 0 spiro atoms. The van der Waals surface area contributed by atoms with Crippen molar-refractivity contribution in [1.29, 1.82) is 0 Å². The van der Waals surface area contributed by atoms with Crippen molar-refractivity contribution in [3.05, 3.63) is 161 Å². The fourth-order valence-corrected chi connectivity index (χ4v) is 11.1. The van der Waals surface area contributed by atoms with E-state index < -0.39 is 0 Å². The number of anilines is 1. The average molecular weight is 1150 g/mol. The third-order valence-electron chi connectivity index (χ3n) is 12.0. The first-order valence-electron chi connectivity index (χ1n) is 21.5. The van der Waals surface area contributed by atoms with Crippen molar-refractivity contribution in [2.24, 2.45) is 0 Å². The van der Waals surface area contributed by atoms with E-state index in [9.17, 15) is 0 Å². The Morgan fingerprint density at radius 3 is 1.67 bits per heavy atom. The third-order valence-corrected chi connectivity index (χ3v) is 16.7. The van der Waals surface area contributed by atoms with E-state index in [-0.39, 0.29) is 27.3 Å². The molecule has 1 radical (unpaired) electrons. The SMILES string of the molecule is CCCCN1/C(=C/C=C(Cl)/C=C/C2=[N+](CCCC)c3ccc4ccccc4c3C2(C)C)C(C)(C)c2c1ccc1ccccc21.[Ni+3].[S-]c1c(Cl)cc(Cl)c(Cl)c1[S-].[S-]c1c(Cl)cc(Cl)c(Cl)c1[S-]. The predicted octanol–water partition coefficient (Wildman–Crippen LogP) is 18.2. The third kappa shape index (κ3) is 11.8. The molecule has 0 saturated heterocycles. The van der Waals surface area contributed by atoms with E-state index in [2.05, 4.69) is 148 Å². The summed E-state index contributed by atoms with van der Waals surface area (Å²) < 4.78 is 2.53. The molecule has 14 heteroatoms. The van der Waals surface area contributed by atoms with Gasteiger partial charge in [0, 0.05) is 72.6 Å². The molecule has 2 aliphatic heterocycles. The number of allylic oxidation sites excluding steroid dienone is 6. The van der Waals surface area contributed by atoms with Gasteiger partial charge in [0.1, 0.15) is 6.54 Å². The zero-order chi connectivity index (χ0) is 48.2. The fraction of sp³-hybridized carbons (Fsp3) is 0.264. The summed E-state index contributed by atoms with van der Waals surface area (Å²) in [7, 11) is 0. The van der Waals surface area contributed by atoms with E-state index >= 15 is 0 Å². The molecule has 0 fully saturated rings. The van der Waals surface area contributed by atoms with Gasteiger partial charge in [-0.05, 0) is 89.9 Å². The first-order chi connectivity index (χ1) is 31.3. The molecule has 8 rings (SSSR count). The molecule has 0 N–H and O–H groups in total. The summed E-state index contributed by atoms with van der Waals surface area (Å²) in [6.45, 7) is 16.0. The number of unbranched alkanes of at least 4 members (excludes halogenated alkanes) is 2. The average Bonchev–Trinajstić information content (AvgIpc) is 3.66. The largest absolute Gasteiger partial charge is 3.00 e. The summed E-state index contributed by atoms with van der Waals surface area (Å²) in [4.78, 5) is 3.99. The van der Waals surface area contributed by atoms with Crippen LogP contribution in [-0.2, 0) is 77.8 Å². The number of hydrogen-bond acceptors (Lipinski definition) is 5. The molecule has 0 unspecified atom stereocenters. The Labute approximate surface area is 463 Å². The summed E-state index contributed by atoms with van der Waals surface area (Å²) in [6, 6.07) is 29.7. The van der Waals surface area contributed by atoms with Crippen LogP contribution in [0.5, 0.6) is 0 Å². The molecular formula is C53H48Cl7N2NiS4. The molecule has 2 aliphatic rings. The number of halogens is 7. The van der Waals surface area contributed by atoms with E-state index in [1.54, 1.807) is 0 Å². The van der Waals surface area contributed by atoms with Gasteiger partial charge in [-0.25, -0.2) is 0 Å². The summed E-state index contributed by atoms with van der Waals surface area (Å²) in [5, 5.41) is 8.05. The van der Waals surface area contributed by atoms with E-state index in [0.29, 0.717) is 49.7 Å². The molecule has 353 valence electrons. The van der Waals surface area contributed by atoms with Crippen LogP contribution in [0.4, 0.5) is 11.4 Å². The van der Waals surface area contributed by atoms with Gasteiger partial charge in [-0.2, -0.15) is 24.2 Å². The Morgan fingerprint density at radius 2 is 1.13 bits per heavy atom. The minimum absolute atomic E-state index is 0. The Balaban J connectivity index is 0.000000299. The zero-order valence-corrected chi connectivity index (χ0v) is 47.2. The van der Waals surface area contributed by atoms with Crippen molar-refractivity contribution in [3.63, 3.8) is 0 Å². The van der Waals surface area contributed by atoms with Crippen LogP contribution in [0.3, 0.4) is 0 Å². The smallest absolute Gasteiger partial charge is 0.780 e. The van der Waals surface area contributed by atoms with Crippen LogP contribution in [0, 0.1) is 0 Å². The zero-order valence-electron chi connectivity index (χ0n) is 37.6. The van der Waals surface area contributed by atoms with Gasteiger partial charge in [0.05, 0.1) is 15.5 Å². The van der Waals surface area contributed by atoms with Gasteiger partial charge in [0.25, 0.3) is 0 Å². The molecule has 0 atom stereocenters. The molecule has 6 aromatic carbocycles. The maximum absolute atomic E-state index is 7.02. The molecular weight excluding hydrogens is 1100 g/mol. The van der Waals surface area contributed by atoms with Gasteiger partial charge in [0.2, 0.25) is 5.69 Å². The Bertz CT molecular complexity index is 2830. The molecule has 0 bridgehead atoms.